The van der Waals surface area contributed by atoms with Gasteiger partial charge in [-0.3, -0.25) is 10.1 Å². The van der Waals surface area contributed by atoms with E-state index in [0.29, 0.717) is 12.5 Å². The Bertz CT molecular complexity index is 320. The molecule has 1 rings (SSSR count). The number of rotatable bonds is 7. The molecule has 0 heterocycles. The second-order valence-corrected chi connectivity index (χ2v) is 6.72. The van der Waals surface area contributed by atoms with Gasteiger partial charge in [0, 0.05) is 25.2 Å². The van der Waals surface area contributed by atoms with Gasteiger partial charge in [-0.05, 0) is 60.7 Å². The number of aliphatic carboxylic acids is 1. The van der Waals surface area contributed by atoms with Crippen LogP contribution in [-0.4, -0.2) is 72.7 Å². The molecule has 0 aromatic heterocycles. The van der Waals surface area contributed by atoms with E-state index in [1.165, 1.54) is 0 Å². The van der Waals surface area contributed by atoms with Crippen LogP contribution in [0.1, 0.15) is 39.5 Å². The van der Waals surface area contributed by atoms with Crippen LogP contribution in [0.5, 0.6) is 0 Å². The first-order chi connectivity index (χ1) is 9.27. The van der Waals surface area contributed by atoms with Crippen LogP contribution in [0.2, 0.25) is 0 Å². The van der Waals surface area contributed by atoms with Gasteiger partial charge >= 0.3 is 5.97 Å². The van der Waals surface area contributed by atoms with Gasteiger partial charge in [0.2, 0.25) is 0 Å². The van der Waals surface area contributed by atoms with E-state index in [4.69, 9.17) is 0 Å². The standard InChI is InChI=1S/C15H31N3O2/c1-12(2)16-15(14(19)20)8-6-7-13(11-15)18(5)10-9-17(3)4/h12-13,16H,6-11H2,1-5H3,(H,19,20). The normalized spacial score (nSPS) is 27.5. The van der Waals surface area contributed by atoms with Crippen LogP contribution in [0.3, 0.4) is 0 Å². The summed E-state index contributed by atoms with van der Waals surface area (Å²) >= 11 is 0. The Morgan fingerprint density at radius 2 is 2.00 bits per heavy atom. The number of likely N-dealkylation sites (N-methyl/N-ethyl adjacent to an activating group) is 2. The van der Waals surface area contributed by atoms with Crippen LogP contribution in [0.4, 0.5) is 0 Å². The molecule has 118 valence electrons. The summed E-state index contributed by atoms with van der Waals surface area (Å²) in [5, 5.41) is 13.0. The number of nitrogens with zero attached hydrogens (tertiary/aromatic N) is 2. The van der Waals surface area contributed by atoms with Crippen molar-refractivity contribution in [2.75, 3.05) is 34.2 Å². The lowest BCUT2D eigenvalue weighted by Gasteiger charge is -2.43. The van der Waals surface area contributed by atoms with E-state index in [-0.39, 0.29) is 6.04 Å². The number of carboxylic acid groups (broad SMARTS) is 1. The van der Waals surface area contributed by atoms with Gasteiger partial charge in [-0.2, -0.15) is 0 Å². The lowest BCUT2D eigenvalue weighted by Crippen LogP contribution is -2.60. The molecule has 0 bridgehead atoms. The number of hydrogen-bond donors (Lipinski definition) is 2. The van der Waals surface area contributed by atoms with E-state index < -0.39 is 11.5 Å². The van der Waals surface area contributed by atoms with Crippen LogP contribution in [0, 0.1) is 0 Å². The van der Waals surface area contributed by atoms with Gasteiger partial charge in [-0.15, -0.1) is 0 Å². The first kappa shape index (κ1) is 17.4. The maximum Gasteiger partial charge on any atom is 0.323 e. The molecule has 1 saturated carbocycles. The molecule has 0 spiro atoms. The molecule has 1 aliphatic rings. The molecule has 0 radical (unpaired) electrons. The number of carbonyl (C=O) groups is 1. The van der Waals surface area contributed by atoms with Gasteiger partial charge in [0.1, 0.15) is 5.54 Å². The highest BCUT2D eigenvalue weighted by Gasteiger charge is 2.43. The first-order valence-corrected chi connectivity index (χ1v) is 7.63. The summed E-state index contributed by atoms with van der Waals surface area (Å²) in [5.74, 6) is -0.697. The largest absolute Gasteiger partial charge is 0.480 e. The van der Waals surface area contributed by atoms with Crippen LogP contribution in [0.25, 0.3) is 0 Å². The van der Waals surface area contributed by atoms with Crippen molar-refractivity contribution >= 4 is 5.97 Å². The van der Waals surface area contributed by atoms with Crippen molar-refractivity contribution in [3.8, 4) is 0 Å². The lowest BCUT2D eigenvalue weighted by atomic mass is 9.78. The summed E-state index contributed by atoms with van der Waals surface area (Å²) in [7, 11) is 6.24. The molecule has 5 heteroatoms. The second-order valence-electron chi connectivity index (χ2n) is 6.72. The van der Waals surface area contributed by atoms with E-state index >= 15 is 0 Å². The van der Waals surface area contributed by atoms with E-state index in [9.17, 15) is 9.90 Å². The van der Waals surface area contributed by atoms with E-state index in [1.807, 2.05) is 13.8 Å². The average molecular weight is 285 g/mol. The fourth-order valence-electron chi connectivity index (χ4n) is 3.10. The minimum absolute atomic E-state index is 0.192. The number of carboxylic acids is 1. The SMILES string of the molecule is CC(C)NC1(C(=O)O)CCCC(N(C)CCN(C)C)C1. The first-order valence-electron chi connectivity index (χ1n) is 7.63. The van der Waals surface area contributed by atoms with Crippen molar-refractivity contribution in [2.45, 2.75) is 57.2 Å². The number of nitrogens with one attached hydrogen (secondary N) is 1. The predicted octanol–water partition coefficient (Wildman–Crippen LogP) is 1.24. The molecule has 5 nitrogen and oxygen atoms in total. The van der Waals surface area contributed by atoms with Crippen molar-refractivity contribution < 1.29 is 9.90 Å². The Balaban J connectivity index is 2.69. The quantitative estimate of drug-likeness (QED) is 0.737. The molecular weight excluding hydrogens is 254 g/mol. The van der Waals surface area contributed by atoms with Crippen LogP contribution in [0.15, 0.2) is 0 Å². The van der Waals surface area contributed by atoms with E-state index in [0.717, 1.165) is 32.4 Å². The monoisotopic (exact) mass is 285 g/mol. The smallest absolute Gasteiger partial charge is 0.323 e. The highest BCUT2D eigenvalue weighted by molar-refractivity contribution is 5.79. The molecule has 1 fully saturated rings. The third-order valence-electron chi connectivity index (χ3n) is 4.22. The minimum Gasteiger partial charge on any atom is -0.480 e. The van der Waals surface area contributed by atoms with Gasteiger partial charge in [-0.25, -0.2) is 0 Å². The highest BCUT2D eigenvalue weighted by Crippen LogP contribution is 2.31. The Morgan fingerprint density at radius 1 is 1.35 bits per heavy atom. The Kier molecular flexibility index (Phi) is 6.43. The molecule has 0 amide bonds. The van der Waals surface area contributed by atoms with Crippen molar-refractivity contribution in [2.24, 2.45) is 0 Å². The molecular formula is C15H31N3O2. The lowest BCUT2D eigenvalue weighted by molar-refractivity contribution is -0.147. The number of hydrogen-bond acceptors (Lipinski definition) is 4. The van der Waals surface area contributed by atoms with E-state index in [2.05, 4.69) is 36.3 Å². The van der Waals surface area contributed by atoms with Crippen molar-refractivity contribution in [3.05, 3.63) is 0 Å². The summed E-state index contributed by atoms with van der Waals surface area (Å²) in [6.07, 6.45) is 3.50. The highest BCUT2D eigenvalue weighted by atomic mass is 16.4. The summed E-state index contributed by atoms with van der Waals surface area (Å²) in [5.41, 5.74) is -0.747. The fraction of sp³-hybridized carbons (Fsp3) is 0.933. The summed E-state index contributed by atoms with van der Waals surface area (Å²) < 4.78 is 0. The Morgan fingerprint density at radius 3 is 2.50 bits per heavy atom. The summed E-state index contributed by atoms with van der Waals surface area (Å²) in [4.78, 5) is 16.2. The molecule has 0 aromatic rings. The summed E-state index contributed by atoms with van der Waals surface area (Å²) in [6, 6.07) is 0.544. The van der Waals surface area contributed by atoms with Gasteiger partial charge in [0.25, 0.3) is 0 Å². The molecule has 20 heavy (non-hydrogen) atoms. The third-order valence-corrected chi connectivity index (χ3v) is 4.22. The Hall–Kier alpha value is -0.650. The maximum atomic E-state index is 11.8. The fourth-order valence-corrected chi connectivity index (χ4v) is 3.10. The zero-order chi connectivity index (χ0) is 15.3. The molecule has 2 unspecified atom stereocenters. The molecule has 0 aliphatic heterocycles. The third kappa shape index (κ3) is 4.72. The summed E-state index contributed by atoms with van der Waals surface area (Å²) in [6.45, 7) is 6.02. The molecule has 2 N–H and O–H groups in total. The van der Waals surface area contributed by atoms with E-state index in [1.54, 1.807) is 0 Å². The topological polar surface area (TPSA) is 55.8 Å². The van der Waals surface area contributed by atoms with Gasteiger partial charge in [0.05, 0.1) is 0 Å². The van der Waals surface area contributed by atoms with Crippen LogP contribution in [-0.2, 0) is 4.79 Å². The second kappa shape index (κ2) is 7.38. The molecule has 1 aliphatic carbocycles. The molecule has 0 aromatic carbocycles. The minimum atomic E-state index is -0.747. The average Bonchev–Trinajstić information content (AvgIpc) is 2.35. The molecule has 0 saturated heterocycles. The van der Waals surface area contributed by atoms with Crippen molar-refractivity contribution in [1.29, 1.82) is 0 Å². The molecule has 2 atom stereocenters. The van der Waals surface area contributed by atoms with Gasteiger partial charge in [0.15, 0.2) is 0 Å². The predicted molar refractivity (Wildman–Crippen MR) is 82.1 cm³/mol. The Labute approximate surface area is 123 Å². The van der Waals surface area contributed by atoms with Crippen LogP contribution < -0.4 is 5.32 Å². The van der Waals surface area contributed by atoms with Crippen LogP contribution >= 0.6 is 0 Å². The van der Waals surface area contributed by atoms with Crippen molar-refractivity contribution in [1.82, 2.24) is 15.1 Å². The zero-order valence-corrected chi connectivity index (χ0v) is 13.6. The zero-order valence-electron chi connectivity index (χ0n) is 13.6. The van der Waals surface area contributed by atoms with Crippen molar-refractivity contribution in [3.63, 3.8) is 0 Å². The van der Waals surface area contributed by atoms with Gasteiger partial charge in [-0.1, -0.05) is 0 Å². The van der Waals surface area contributed by atoms with Gasteiger partial charge < -0.3 is 14.9 Å². The maximum absolute atomic E-state index is 11.8.